The number of aliphatic imine (C=N–C) groups is 1. The third-order valence-electron chi connectivity index (χ3n) is 3.69. The molecular weight excluding hydrogens is 214 g/mol. The van der Waals surface area contributed by atoms with Crippen molar-refractivity contribution >= 4 is 5.84 Å². The van der Waals surface area contributed by atoms with Gasteiger partial charge in [0.05, 0.1) is 19.1 Å². The Morgan fingerprint density at radius 3 is 2.76 bits per heavy atom. The summed E-state index contributed by atoms with van der Waals surface area (Å²) < 4.78 is 2.13. The summed E-state index contributed by atoms with van der Waals surface area (Å²) in [6.07, 6.45) is 8.29. The van der Waals surface area contributed by atoms with Crippen molar-refractivity contribution in [2.75, 3.05) is 13.1 Å². The third-order valence-corrected chi connectivity index (χ3v) is 3.69. The van der Waals surface area contributed by atoms with Gasteiger partial charge in [0, 0.05) is 6.20 Å². The first kappa shape index (κ1) is 10.8. The maximum absolute atomic E-state index is 5.93. The summed E-state index contributed by atoms with van der Waals surface area (Å²) in [5.41, 5.74) is 1.08. The quantitative estimate of drug-likeness (QED) is 0.784. The van der Waals surface area contributed by atoms with Gasteiger partial charge >= 0.3 is 0 Å². The van der Waals surface area contributed by atoms with E-state index in [2.05, 4.69) is 14.8 Å². The molecule has 0 spiro atoms. The number of aromatic nitrogens is 2. The molecule has 1 saturated carbocycles. The van der Waals surface area contributed by atoms with Crippen LogP contribution in [0.15, 0.2) is 17.3 Å². The second kappa shape index (κ2) is 4.49. The van der Waals surface area contributed by atoms with Crippen molar-refractivity contribution in [1.29, 1.82) is 0 Å². The van der Waals surface area contributed by atoms with Gasteiger partial charge in [0.25, 0.3) is 0 Å². The van der Waals surface area contributed by atoms with Gasteiger partial charge < -0.3 is 0 Å². The van der Waals surface area contributed by atoms with E-state index in [0.717, 1.165) is 24.6 Å². The topological polar surface area (TPSA) is 59.4 Å². The fourth-order valence-corrected chi connectivity index (χ4v) is 2.80. The zero-order valence-electron chi connectivity index (χ0n) is 10.0. The molecule has 1 aromatic heterocycles. The average Bonchev–Trinajstić information content (AvgIpc) is 2.98. The summed E-state index contributed by atoms with van der Waals surface area (Å²) in [5.74, 6) is 6.83. The van der Waals surface area contributed by atoms with Crippen LogP contribution in [0.1, 0.15) is 43.8 Å². The molecule has 17 heavy (non-hydrogen) atoms. The van der Waals surface area contributed by atoms with Crippen LogP contribution in [-0.2, 0) is 0 Å². The number of rotatable bonds is 2. The second-order valence-electron chi connectivity index (χ2n) is 4.85. The zero-order valence-corrected chi connectivity index (χ0v) is 10.0. The van der Waals surface area contributed by atoms with Gasteiger partial charge in [0.15, 0.2) is 5.84 Å². The normalized spacial score (nSPS) is 21.9. The van der Waals surface area contributed by atoms with Gasteiger partial charge in [-0.05, 0) is 18.9 Å². The molecule has 2 N–H and O–H groups in total. The zero-order chi connectivity index (χ0) is 11.7. The van der Waals surface area contributed by atoms with E-state index >= 15 is 0 Å². The Kier molecular flexibility index (Phi) is 2.84. The molecule has 0 aromatic carbocycles. The Bertz CT molecular complexity index is 416. The highest BCUT2D eigenvalue weighted by Gasteiger charge is 2.24. The van der Waals surface area contributed by atoms with Crippen molar-refractivity contribution in [2.24, 2.45) is 10.8 Å². The summed E-state index contributed by atoms with van der Waals surface area (Å²) in [4.78, 5) is 4.47. The predicted molar refractivity (Wildman–Crippen MR) is 66.6 cm³/mol. The lowest BCUT2D eigenvalue weighted by atomic mass is 9.95. The van der Waals surface area contributed by atoms with Gasteiger partial charge in [0.2, 0.25) is 0 Å². The van der Waals surface area contributed by atoms with Gasteiger partial charge in [0.1, 0.15) is 5.69 Å². The molecular formula is C12H19N5. The molecule has 0 amide bonds. The predicted octanol–water partition coefficient (Wildman–Crippen LogP) is 1.32. The number of nitrogens with two attached hydrogens (primary N) is 1. The van der Waals surface area contributed by atoms with Crippen molar-refractivity contribution in [1.82, 2.24) is 14.8 Å². The van der Waals surface area contributed by atoms with Crippen molar-refractivity contribution < 1.29 is 0 Å². The van der Waals surface area contributed by atoms with Gasteiger partial charge in [-0.2, -0.15) is 5.10 Å². The Morgan fingerprint density at radius 1 is 1.24 bits per heavy atom. The highest BCUT2D eigenvalue weighted by Crippen LogP contribution is 2.28. The lowest BCUT2D eigenvalue weighted by Gasteiger charge is -2.25. The number of hydrogen-bond acceptors (Lipinski definition) is 4. The molecule has 0 radical (unpaired) electrons. The minimum atomic E-state index is 0.533. The maximum Gasteiger partial charge on any atom is 0.163 e. The van der Waals surface area contributed by atoms with Crippen LogP contribution in [0.4, 0.5) is 0 Å². The van der Waals surface area contributed by atoms with E-state index in [4.69, 9.17) is 5.84 Å². The molecule has 0 unspecified atom stereocenters. The monoisotopic (exact) mass is 233 g/mol. The molecule has 2 heterocycles. The number of hydrazine groups is 1. The van der Waals surface area contributed by atoms with E-state index in [0.29, 0.717) is 6.04 Å². The van der Waals surface area contributed by atoms with Gasteiger partial charge in [-0.15, -0.1) is 0 Å². The first-order chi connectivity index (χ1) is 8.36. The Morgan fingerprint density at radius 2 is 2.06 bits per heavy atom. The van der Waals surface area contributed by atoms with Crippen LogP contribution in [0.25, 0.3) is 0 Å². The summed E-state index contributed by atoms with van der Waals surface area (Å²) in [6.45, 7) is 1.60. The molecule has 5 heteroatoms. The first-order valence-corrected chi connectivity index (χ1v) is 6.47. The van der Waals surface area contributed by atoms with E-state index < -0.39 is 0 Å². The minimum absolute atomic E-state index is 0.533. The molecule has 5 nitrogen and oxygen atoms in total. The van der Waals surface area contributed by atoms with Crippen LogP contribution in [0.3, 0.4) is 0 Å². The van der Waals surface area contributed by atoms with Crippen molar-refractivity contribution in [3.8, 4) is 0 Å². The summed E-state index contributed by atoms with van der Waals surface area (Å²) in [5, 5.41) is 6.20. The first-order valence-electron chi connectivity index (χ1n) is 6.47. The average molecular weight is 233 g/mol. The van der Waals surface area contributed by atoms with Crippen molar-refractivity contribution in [3.63, 3.8) is 0 Å². The Balaban J connectivity index is 1.88. The maximum atomic E-state index is 5.93. The van der Waals surface area contributed by atoms with Crippen LogP contribution >= 0.6 is 0 Å². The van der Waals surface area contributed by atoms with Crippen LogP contribution in [0.5, 0.6) is 0 Å². The molecule has 0 bridgehead atoms. The fraction of sp³-hybridized carbons (Fsp3) is 0.667. The Labute approximate surface area is 101 Å². The van der Waals surface area contributed by atoms with Crippen molar-refractivity contribution in [3.05, 3.63) is 18.0 Å². The minimum Gasteiger partial charge on any atom is -0.291 e. The molecule has 3 rings (SSSR count). The third kappa shape index (κ3) is 1.95. The molecule has 1 fully saturated rings. The van der Waals surface area contributed by atoms with Gasteiger partial charge in [-0.1, -0.05) is 19.3 Å². The number of nitrogens with zero attached hydrogens (tertiary/aromatic N) is 4. The Hall–Kier alpha value is -1.36. The van der Waals surface area contributed by atoms with E-state index in [1.807, 2.05) is 12.3 Å². The molecule has 2 aliphatic rings. The highest BCUT2D eigenvalue weighted by atomic mass is 15.5. The number of amidine groups is 1. The highest BCUT2D eigenvalue weighted by molar-refractivity contribution is 5.97. The van der Waals surface area contributed by atoms with E-state index in [1.54, 1.807) is 5.01 Å². The smallest absolute Gasteiger partial charge is 0.163 e. The van der Waals surface area contributed by atoms with E-state index in [9.17, 15) is 0 Å². The van der Waals surface area contributed by atoms with E-state index in [-0.39, 0.29) is 0 Å². The fourth-order valence-electron chi connectivity index (χ4n) is 2.80. The lowest BCUT2D eigenvalue weighted by Crippen LogP contribution is -2.36. The van der Waals surface area contributed by atoms with Crippen LogP contribution in [0.2, 0.25) is 0 Å². The molecule has 1 aliphatic heterocycles. The molecule has 1 aliphatic carbocycles. The largest absolute Gasteiger partial charge is 0.291 e. The SMILES string of the molecule is NN1CCN=C1c1ccnn1C1CCCCC1. The number of hydrogen-bond donors (Lipinski definition) is 1. The summed E-state index contributed by atoms with van der Waals surface area (Å²) >= 11 is 0. The molecule has 0 saturated heterocycles. The van der Waals surface area contributed by atoms with Crippen LogP contribution in [0, 0.1) is 0 Å². The molecule has 1 aromatic rings. The van der Waals surface area contributed by atoms with Gasteiger partial charge in [-0.25, -0.2) is 5.84 Å². The standard InChI is InChI=1S/C12H19N5/c13-16-9-8-14-12(16)11-6-7-15-17(11)10-4-2-1-3-5-10/h6-7,10H,1-5,8-9,13H2. The van der Waals surface area contributed by atoms with Gasteiger partial charge in [-0.3, -0.25) is 14.7 Å². The van der Waals surface area contributed by atoms with E-state index in [1.165, 1.54) is 32.1 Å². The summed E-state index contributed by atoms with van der Waals surface area (Å²) in [7, 11) is 0. The molecule has 0 atom stereocenters. The lowest BCUT2D eigenvalue weighted by molar-refractivity contribution is 0.326. The van der Waals surface area contributed by atoms with Crippen LogP contribution < -0.4 is 5.84 Å². The van der Waals surface area contributed by atoms with Crippen LogP contribution in [-0.4, -0.2) is 33.7 Å². The summed E-state index contributed by atoms with van der Waals surface area (Å²) in [6, 6.07) is 2.56. The molecule has 92 valence electrons. The van der Waals surface area contributed by atoms with Crippen molar-refractivity contribution in [2.45, 2.75) is 38.1 Å². The second-order valence-corrected chi connectivity index (χ2v) is 4.85.